The molecule has 0 amide bonds. The maximum absolute atomic E-state index is 3.49. The lowest BCUT2D eigenvalue weighted by molar-refractivity contribution is 0.390. The molecule has 0 saturated heterocycles. The van der Waals surface area contributed by atoms with Crippen molar-refractivity contribution in [2.45, 2.75) is 50.5 Å². The van der Waals surface area contributed by atoms with Crippen molar-refractivity contribution >= 4 is 0 Å². The van der Waals surface area contributed by atoms with E-state index in [0.717, 1.165) is 0 Å². The van der Waals surface area contributed by atoms with E-state index in [1.165, 1.54) is 37.7 Å². The Hall–Kier alpha value is -0.820. The number of benzene rings is 1. The second-order valence-corrected chi connectivity index (χ2v) is 5.62. The number of rotatable bonds is 1. The van der Waals surface area contributed by atoms with Gasteiger partial charge >= 0.3 is 0 Å². The van der Waals surface area contributed by atoms with Gasteiger partial charge in [-0.2, -0.15) is 0 Å². The molecule has 16 heavy (non-hydrogen) atoms. The Balaban J connectivity index is 2.11. The molecule has 86 valence electrons. The first-order valence-electron chi connectivity index (χ1n) is 6.53. The number of hydrogen-bond acceptors (Lipinski definition) is 1. The summed E-state index contributed by atoms with van der Waals surface area (Å²) in [5.41, 5.74) is 5.16. The van der Waals surface area contributed by atoms with Crippen molar-refractivity contribution in [1.29, 1.82) is 0 Å². The fraction of sp³-hybridized carbons (Fsp3) is 0.600. The fourth-order valence-corrected chi connectivity index (χ4v) is 3.83. The van der Waals surface area contributed by atoms with Crippen LogP contribution in [0.2, 0.25) is 0 Å². The van der Waals surface area contributed by atoms with E-state index in [-0.39, 0.29) is 0 Å². The number of nitrogens with one attached hydrogen (secondary N) is 1. The van der Waals surface area contributed by atoms with Gasteiger partial charge in [0.15, 0.2) is 0 Å². The molecule has 1 aromatic rings. The van der Waals surface area contributed by atoms with Gasteiger partial charge in [-0.3, -0.25) is 0 Å². The average Bonchev–Trinajstić information content (AvgIpc) is 2.86. The SMILES string of the molecule is CNC1CC2(CCCC2)c2cc(C)ccc21. The van der Waals surface area contributed by atoms with E-state index in [0.29, 0.717) is 11.5 Å². The first-order valence-corrected chi connectivity index (χ1v) is 6.53. The van der Waals surface area contributed by atoms with Crippen LogP contribution < -0.4 is 5.32 Å². The zero-order valence-corrected chi connectivity index (χ0v) is 10.3. The van der Waals surface area contributed by atoms with Crippen molar-refractivity contribution in [3.63, 3.8) is 0 Å². The maximum Gasteiger partial charge on any atom is 0.0328 e. The molecule has 1 fully saturated rings. The van der Waals surface area contributed by atoms with E-state index in [1.807, 2.05) is 0 Å². The van der Waals surface area contributed by atoms with Crippen LogP contribution in [0.4, 0.5) is 0 Å². The minimum atomic E-state index is 0.523. The second kappa shape index (κ2) is 3.59. The Morgan fingerprint density at radius 1 is 1.25 bits per heavy atom. The molecule has 1 N–H and O–H groups in total. The van der Waals surface area contributed by atoms with Gasteiger partial charge in [-0.1, -0.05) is 36.6 Å². The molecule has 0 radical (unpaired) electrons. The summed E-state index contributed by atoms with van der Waals surface area (Å²) in [6.07, 6.45) is 6.97. The minimum absolute atomic E-state index is 0.523. The normalized spacial score (nSPS) is 26.2. The first kappa shape index (κ1) is 10.3. The summed E-state index contributed by atoms with van der Waals surface area (Å²) in [5.74, 6) is 0. The Kier molecular flexibility index (Phi) is 2.32. The molecule has 1 aromatic carbocycles. The summed E-state index contributed by atoms with van der Waals surface area (Å²) < 4.78 is 0. The summed E-state index contributed by atoms with van der Waals surface area (Å²) in [4.78, 5) is 0. The third-order valence-electron chi connectivity index (χ3n) is 4.66. The summed E-state index contributed by atoms with van der Waals surface area (Å²) >= 11 is 0. The molecule has 3 rings (SSSR count). The van der Waals surface area contributed by atoms with Crippen molar-refractivity contribution in [3.8, 4) is 0 Å². The van der Waals surface area contributed by atoms with Gasteiger partial charge in [-0.05, 0) is 49.8 Å². The molecule has 1 unspecified atom stereocenters. The van der Waals surface area contributed by atoms with Gasteiger partial charge in [-0.25, -0.2) is 0 Å². The highest BCUT2D eigenvalue weighted by atomic mass is 14.9. The molecule has 1 nitrogen and oxygen atoms in total. The minimum Gasteiger partial charge on any atom is -0.313 e. The summed E-state index contributed by atoms with van der Waals surface area (Å²) in [7, 11) is 2.10. The number of hydrogen-bond donors (Lipinski definition) is 1. The largest absolute Gasteiger partial charge is 0.313 e. The van der Waals surface area contributed by atoms with Crippen LogP contribution in [0.1, 0.15) is 54.8 Å². The van der Waals surface area contributed by atoms with E-state index in [9.17, 15) is 0 Å². The van der Waals surface area contributed by atoms with E-state index < -0.39 is 0 Å². The zero-order chi connectivity index (χ0) is 11.2. The fourth-order valence-electron chi connectivity index (χ4n) is 3.83. The van der Waals surface area contributed by atoms with Gasteiger partial charge in [0.2, 0.25) is 0 Å². The van der Waals surface area contributed by atoms with Gasteiger partial charge in [0.05, 0.1) is 0 Å². The summed E-state index contributed by atoms with van der Waals surface area (Å²) in [6, 6.07) is 7.64. The van der Waals surface area contributed by atoms with Crippen LogP contribution in [-0.4, -0.2) is 7.05 Å². The van der Waals surface area contributed by atoms with Crippen molar-refractivity contribution in [2.24, 2.45) is 0 Å². The Morgan fingerprint density at radius 2 is 2.00 bits per heavy atom. The van der Waals surface area contributed by atoms with Crippen LogP contribution in [-0.2, 0) is 5.41 Å². The molecule has 1 heteroatoms. The van der Waals surface area contributed by atoms with E-state index >= 15 is 0 Å². The monoisotopic (exact) mass is 215 g/mol. The van der Waals surface area contributed by atoms with Crippen LogP contribution in [0.5, 0.6) is 0 Å². The van der Waals surface area contributed by atoms with Gasteiger partial charge in [0, 0.05) is 6.04 Å². The molecular weight excluding hydrogens is 194 g/mol. The second-order valence-electron chi connectivity index (χ2n) is 5.62. The molecule has 0 aromatic heterocycles. The van der Waals surface area contributed by atoms with Crippen LogP contribution in [0.25, 0.3) is 0 Å². The van der Waals surface area contributed by atoms with Crippen molar-refractivity contribution in [1.82, 2.24) is 5.32 Å². The lowest BCUT2D eigenvalue weighted by Crippen LogP contribution is -2.20. The molecule has 2 aliphatic carbocycles. The van der Waals surface area contributed by atoms with E-state index in [1.54, 1.807) is 11.1 Å². The topological polar surface area (TPSA) is 12.0 Å². The van der Waals surface area contributed by atoms with Gasteiger partial charge < -0.3 is 5.32 Å². The van der Waals surface area contributed by atoms with E-state index in [4.69, 9.17) is 0 Å². The van der Waals surface area contributed by atoms with Gasteiger partial charge in [-0.15, -0.1) is 0 Å². The Morgan fingerprint density at radius 3 is 2.69 bits per heavy atom. The maximum atomic E-state index is 3.49. The highest BCUT2D eigenvalue weighted by molar-refractivity contribution is 5.45. The third kappa shape index (κ3) is 1.34. The Labute approximate surface area is 98.3 Å². The predicted octanol–water partition coefficient (Wildman–Crippen LogP) is 3.47. The lowest BCUT2D eigenvalue weighted by atomic mass is 9.80. The van der Waals surface area contributed by atoms with Crippen molar-refractivity contribution < 1.29 is 0 Å². The van der Waals surface area contributed by atoms with Crippen LogP contribution in [0.3, 0.4) is 0 Å². The highest BCUT2D eigenvalue weighted by Crippen LogP contribution is 2.53. The van der Waals surface area contributed by atoms with Crippen LogP contribution in [0, 0.1) is 6.92 Å². The predicted molar refractivity (Wildman–Crippen MR) is 67.7 cm³/mol. The smallest absolute Gasteiger partial charge is 0.0328 e. The molecule has 2 aliphatic rings. The molecule has 0 aliphatic heterocycles. The van der Waals surface area contributed by atoms with Crippen molar-refractivity contribution in [3.05, 3.63) is 34.9 Å². The van der Waals surface area contributed by atoms with Gasteiger partial charge in [0.25, 0.3) is 0 Å². The molecular formula is C15H21N. The quantitative estimate of drug-likeness (QED) is 0.756. The zero-order valence-electron chi connectivity index (χ0n) is 10.3. The average molecular weight is 215 g/mol. The van der Waals surface area contributed by atoms with Crippen LogP contribution >= 0.6 is 0 Å². The standard InChI is InChI=1S/C15H21N/c1-11-5-6-12-13(9-11)15(7-3-4-8-15)10-14(12)16-2/h5-6,9,14,16H,3-4,7-8,10H2,1-2H3. The summed E-state index contributed by atoms with van der Waals surface area (Å²) in [6.45, 7) is 2.22. The molecule has 0 bridgehead atoms. The molecule has 0 heterocycles. The third-order valence-corrected chi connectivity index (χ3v) is 4.66. The lowest BCUT2D eigenvalue weighted by Gasteiger charge is -2.24. The summed E-state index contributed by atoms with van der Waals surface area (Å²) in [5, 5.41) is 3.49. The molecule has 1 atom stereocenters. The molecule has 1 spiro atoms. The van der Waals surface area contributed by atoms with Crippen LogP contribution in [0.15, 0.2) is 18.2 Å². The Bertz CT molecular complexity index is 402. The van der Waals surface area contributed by atoms with Crippen molar-refractivity contribution in [2.75, 3.05) is 7.05 Å². The first-order chi connectivity index (χ1) is 7.75. The van der Waals surface area contributed by atoms with E-state index in [2.05, 4.69) is 37.5 Å². The number of fused-ring (bicyclic) bond motifs is 2. The number of aryl methyl sites for hydroxylation is 1. The molecule has 1 saturated carbocycles. The van der Waals surface area contributed by atoms with Gasteiger partial charge in [0.1, 0.15) is 0 Å². The highest BCUT2D eigenvalue weighted by Gasteiger charge is 2.44.